The lowest BCUT2D eigenvalue weighted by molar-refractivity contribution is 0.801. The Bertz CT molecular complexity index is 781. The molecule has 21 heavy (non-hydrogen) atoms. The minimum atomic E-state index is 0.674. The van der Waals surface area contributed by atoms with Gasteiger partial charge in [-0.3, -0.25) is 0 Å². The summed E-state index contributed by atoms with van der Waals surface area (Å²) in [7, 11) is 0. The maximum absolute atomic E-state index is 5.97. The summed E-state index contributed by atoms with van der Waals surface area (Å²) in [5, 5.41) is 8.30. The van der Waals surface area contributed by atoms with Gasteiger partial charge in [-0.2, -0.15) is 5.10 Å². The second-order valence-corrected chi connectivity index (χ2v) is 5.17. The summed E-state index contributed by atoms with van der Waals surface area (Å²) in [6.45, 7) is 3.95. The summed E-state index contributed by atoms with van der Waals surface area (Å²) < 4.78 is 1.79. The zero-order valence-electron chi connectivity index (χ0n) is 11.7. The van der Waals surface area contributed by atoms with Crippen molar-refractivity contribution in [3.8, 4) is 5.82 Å². The highest BCUT2D eigenvalue weighted by molar-refractivity contribution is 6.30. The van der Waals surface area contributed by atoms with Gasteiger partial charge in [0.05, 0.1) is 5.69 Å². The Labute approximate surface area is 127 Å². The molecule has 0 saturated heterocycles. The van der Waals surface area contributed by atoms with Gasteiger partial charge in [0, 0.05) is 22.5 Å². The van der Waals surface area contributed by atoms with Crippen molar-refractivity contribution in [2.24, 2.45) is 0 Å². The highest BCUT2D eigenvalue weighted by atomic mass is 35.5. The van der Waals surface area contributed by atoms with Gasteiger partial charge in [-0.25, -0.2) is 14.6 Å². The van der Waals surface area contributed by atoms with Crippen LogP contribution in [0.3, 0.4) is 0 Å². The molecule has 1 N–H and O–H groups in total. The number of aryl methyl sites for hydroxylation is 2. The second kappa shape index (κ2) is 5.54. The lowest BCUT2D eigenvalue weighted by atomic mass is 10.3. The van der Waals surface area contributed by atoms with Crippen LogP contribution in [0, 0.1) is 13.8 Å². The highest BCUT2D eigenvalue weighted by Gasteiger charge is 2.06. The molecule has 0 aliphatic heterocycles. The zero-order chi connectivity index (χ0) is 14.8. The number of benzene rings is 1. The molecular weight excluding hydrogens is 286 g/mol. The molecule has 0 spiro atoms. The fourth-order valence-electron chi connectivity index (χ4n) is 2.11. The van der Waals surface area contributed by atoms with E-state index in [0.29, 0.717) is 10.8 Å². The summed E-state index contributed by atoms with van der Waals surface area (Å²) in [4.78, 5) is 8.49. The van der Waals surface area contributed by atoms with Crippen LogP contribution in [-0.4, -0.2) is 19.7 Å². The van der Waals surface area contributed by atoms with Crippen LogP contribution in [0.1, 0.15) is 11.4 Å². The van der Waals surface area contributed by atoms with Crippen LogP contribution < -0.4 is 5.32 Å². The predicted octanol–water partition coefficient (Wildman–Crippen LogP) is 3.68. The minimum absolute atomic E-state index is 0.674. The van der Waals surface area contributed by atoms with Crippen LogP contribution in [-0.2, 0) is 0 Å². The van der Waals surface area contributed by atoms with Gasteiger partial charge in [-0.15, -0.1) is 0 Å². The molecule has 106 valence electrons. The van der Waals surface area contributed by atoms with Crippen molar-refractivity contribution in [2.45, 2.75) is 13.8 Å². The van der Waals surface area contributed by atoms with E-state index in [4.69, 9.17) is 11.6 Å². The van der Waals surface area contributed by atoms with Crippen LogP contribution in [0.15, 0.2) is 42.7 Å². The van der Waals surface area contributed by atoms with Gasteiger partial charge in [0.15, 0.2) is 5.82 Å². The van der Waals surface area contributed by atoms with E-state index in [2.05, 4.69) is 20.4 Å². The Morgan fingerprint density at radius 1 is 1.10 bits per heavy atom. The van der Waals surface area contributed by atoms with Gasteiger partial charge in [0.1, 0.15) is 12.1 Å². The molecule has 0 aliphatic rings. The van der Waals surface area contributed by atoms with E-state index in [1.54, 1.807) is 4.68 Å². The van der Waals surface area contributed by atoms with Crippen LogP contribution in [0.4, 0.5) is 11.5 Å². The SMILES string of the molecule is Cc1cc(C)n(-c2cc(Nc3cccc(Cl)c3)ncn2)n1. The number of nitrogens with one attached hydrogen (secondary N) is 1. The summed E-state index contributed by atoms with van der Waals surface area (Å²) >= 11 is 5.97. The van der Waals surface area contributed by atoms with Crippen molar-refractivity contribution in [1.29, 1.82) is 0 Å². The van der Waals surface area contributed by atoms with E-state index in [1.807, 2.05) is 50.2 Å². The average molecular weight is 300 g/mol. The van der Waals surface area contributed by atoms with E-state index in [9.17, 15) is 0 Å². The van der Waals surface area contributed by atoms with Crippen LogP contribution in [0.25, 0.3) is 5.82 Å². The number of aromatic nitrogens is 4. The highest BCUT2D eigenvalue weighted by Crippen LogP contribution is 2.20. The average Bonchev–Trinajstić information content (AvgIpc) is 2.78. The summed E-state index contributed by atoms with van der Waals surface area (Å²) in [6.07, 6.45) is 1.51. The maximum Gasteiger partial charge on any atom is 0.159 e. The number of anilines is 2. The van der Waals surface area contributed by atoms with Gasteiger partial charge in [0.2, 0.25) is 0 Å². The molecule has 3 aromatic rings. The Balaban J connectivity index is 1.92. The summed E-state index contributed by atoms with van der Waals surface area (Å²) in [5.74, 6) is 1.41. The summed E-state index contributed by atoms with van der Waals surface area (Å²) in [5.41, 5.74) is 2.86. The van der Waals surface area contributed by atoms with Crippen molar-refractivity contribution < 1.29 is 0 Å². The second-order valence-electron chi connectivity index (χ2n) is 4.74. The molecule has 3 rings (SSSR count). The molecular formula is C15H14ClN5. The van der Waals surface area contributed by atoms with Gasteiger partial charge in [-0.1, -0.05) is 17.7 Å². The molecule has 6 heteroatoms. The van der Waals surface area contributed by atoms with Crippen molar-refractivity contribution in [3.63, 3.8) is 0 Å². The van der Waals surface area contributed by atoms with Crippen molar-refractivity contribution in [2.75, 3.05) is 5.32 Å². The predicted molar refractivity (Wildman–Crippen MR) is 83.4 cm³/mol. The minimum Gasteiger partial charge on any atom is -0.340 e. The molecule has 0 fully saturated rings. The standard InChI is InChI=1S/C15H14ClN5/c1-10-6-11(2)21(20-10)15-8-14(17-9-18-15)19-13-5-3-4-12(16)7-13/h3-9H,1-2H3,(H,17,18,19). The van der Waals surface area contributed by atoms with Gasteiger partial charge >= 0.3 is 0 Å². The number of nitrogens with zero attached hydrogens (tertiary/aromatic N) is 4. The van der Waals surface area contributed by atoms with Crippen LogP contribution >= 0.6 is 11.6 Å². The van der Waals surface area contributed by atoms with Crippen molar-refractivity contribution in [1.82, 2.24) is 19.7 Å². The van der Waals surface area contributed by atoms with E-state index < -0.39 is 0 Å². The molecule has 0 aliphatic carbocycles. The van der Waals surface area contributed by atoms with E-state index in [-0.39, 0.29) is 0 Å². The third kappa shape index (κ3) is 3.03. The normalized spacial score (nSPS) is 10.6. The largest absolute Gasteiger partial charge is 0.340 e. The molecule has 2 aromatic heterocycles. The third-order valence-electron chi connectivity index (χ3n) is 2.98. The van der Waals surface area contributed by atoms with E-state index in [0.717, 1.165) is 22.9 Å². The Morgan fingerprint density at radius 2 is 1.95 bits per heavy atom. The monoisotopic (exact) mass is 299 g/mol. The van der Waals surface area contributed by atoms with Gasteiger partial charge in [-0.05, 0) is 38.1 Å². The van der Waals surface area contributed by atoms with Crippen molar-refractivity contribution >= 4 is 23.1 Å². The topological polar surface area (TPSA) is 55.6 Å². The molecule has 0 amide bonds. The number of rotatable bonds is 3. The summed E-state index contributed by atoms with van der Waals surface area (Å²) in [6, 6.07) is 11.3. The first-order valence-electron chi connectivity index (χ1n) is 6.50. The number of hydrogen-bond donors (Lipinski definition) is 1. The molecule has 1 aromatic carbocycles. The molecule has 0 saturated carbocycles. The molecule has 0 unspecified atom stereocenters. The van der Waals surface area contributed by atoms with E-state index in [1.165, 1.54) is 6.33 Å². The molecule has 0 bridgehead atoms. The fraction of sp³-hybridized carbons (Fsp3) is 0.133. The quantitative estimate of drug-likeness (QED) is 0.801. The maximum atomic E-state index is 5.97. The number of hydrogen-bond acceptors (Lipinski definition) is 4. The molecule has 0 radical (unpaired) electrons. The lowest BCUT2D eigenvalue weighted by Crippen LogP contribution is -2.04. The fourth-order valence-corrected chi connectivity index (χ4v) is 2.30. The van der Waals surface area contributed by atoms with Gasteiger partial charge < -0.3 is 5.32 Å². The van der Waals surface area contributed by atoms with Gasteiger partial charge in [0.25, 0.3) is 0 Å². The first-order valence-corrected chi connectivity index (χ1v) is 6.88. The first-order chi connectivity index (χ1) is 10.1. The lowest BCUT2D eigenvalue weighted by Gasteiger charge is -2.08. The molecule has 5 nitrogen and oxygen atoms in total. The Morgan fingerprint density at radius 3 is 2.67 bits per heavy atom. The van der Waals surface area contributed by atoms with Crippen LogP contribution in [0.2, 0.25) is 5.02 Å². The number of halogens is 1. The Hall–Kier alpha value is -2.40. The van der Waals surface area contributed by atoms with Crippen LogP contribution in [0.5, 0.6) is 0 Å². The Kier molecular flexibility index (Phi) is 3.58. The molecule has 2 heterocycles. The first kappa shape index (κ1) is 13.6. The zero-order valence-corrected chi connectivity index (χ0v) is 12.5. The van der Waals surface area contributed by atoms with E-state index >= 15 is 0 Å². The van der Waals surface area contributed by atoms with Crippen molar-refractivity contribution in [3.05, 3.63) is 59.1 Å². The molecule has 0 atom stereocenters. The smallest absolute Gasteiger partial charge is 0.159 e. The third-order valence-corrected chi connectivity index (χ3v) is 3.21.